The molecule has 86 valence electrons. The summed E-state index contributed by atoms with van der Waals surface area (Å²) < 4.78 is 0. The van der Waals surface area contributed by atoms with Gasteiger partial charge in [0.2, 0.25) is 0 Å². The maximum atomic E-state index is 10.9. The number of aliphatic hydroxyl groups is 1. The van der Waals surface area contributed by atoms with Crippen LogP contribution in [0.5, 0.6) is 0 Å². The third kappa shape index (κ3) is 1.71. The molecule has 1 aliphatic rings. The molecule has 0 bridgehead atoms. The highest BCUT2D eigenvalue weighted by molar-refractivity contribution is 5.78. The van der Waals surface area contributed by atoms with Crippen molar-refractivity contribution in [1.82, 2.24) is 0 Å². The molecule has 3 heteroatoms. The second-order valence-corrected chi connectivity index (χ2v) is 4.87. The zero-order valence-electron chi connectivity index (χ0n) is 9.53. The summed E-state index contributed by atoms with van der Waals surface area (Å²) >= 11 is 0. The van der Waals surface area contributed by atoms with Crippen molar-refractivity contribution in [3.63, 3.8) is 0 Å². The minimum Gasteiger partial charge on any atom is -0.479 e. The quantitative estimate of drug-likeness (QED) is 0.797. The molecule has 0 unspecified atom stereocenters. The van der Waals surface area contributed by atoms with E-state index >= 15 is 0 Å². The third-order valence-electron chi connectivity index (χ3n) is 3.32. The van der Waals surface area contributed by atoms with Crippen molar-refractivity contribution in [1.29, 1.82) is 0 Å². The molecule has 3 nitrogen and oxygen atoms in total. The fraction of sp³-hybridized carbons (Fsp3) is 0.462. The molecule has 0 saturated heterocycles. The molecular weight excluding hydrogens is 204 g/mol. The van der Waals surface area contributed by atoms with Crippen LogP contribution in [0, 0.1) is 5.92 Å². The van der Waals surface area contributed by atoms with Crippen molar-refractivity contribution in [2.75, 3.05) is 0 Å². The van der Waals surface area contributed by atoms with Gasteiger partial charge in [-0.1, -0.05) is 25.1 Å². The summed E-state index contributed by atoms with van der Waals surface area (Å²) in [6, 6.07) is 5.48. The van der Waals surface area contributed by atoms with Gasteiger partial charge in [-0.3, -0.25) is 0 Å². The maximum absolute atomic E-state index is 10.9. The van der Waals surface area contributed by atoms with Crippen LogP contribution in [0.25, 0.3) is 0 Å². The lowest BCUT2D eigenvalue weighted by molar-refractivity contribution is -0.157. The molecular formula is C13H16O3. The van der Waals surface area contributed by atoms with Crippen molar-refractivity contribution < 1.29 is 15.0 Å². The molecule has 0 aliphatic heterocycles. The third-order valence-corrected chi connectivity index (χ3v) is 3.32. The number of hydrogen-bond acceptors (Lipinski definition) is 2. The summed E-state index contributed by atoms with van der Waals surface area (Å²) in [6.45, 7) is 3.49. The van der Waals surface area contributed by atoms with Crippen LogP contribution in [0.2, 0.25) is 0 Å². The van der Waals surface area contributed by atoms with E-state index in [0.717, 1.165) is 12.8 Å². The van der Waals surface area contributed by atoms with E-state index in [-0.39, 0.29) is 0 Å². The number of benzene rings is 1. The van der Waals surface area contributed by atoms with Gasteiger partial charge in [0.05, 0.1) is 0 Å². The highest BCUT2D eigenvalue weighted by atomic mass is 16.4. The van der Waals surface area contributed by atoms with Gasteiger partial charge in [-0.05, 0) is 42.4 Å². The van der Waals surface area contributed by atoms with E-state index in [2.05, 4.69) is 6.92 Å². The first-order chi connectivity index (χ1) is 7.41. The van der Waals surface area contributed by atoms with Gasteiger partial charge in [-0.25, -0.2) is 4.79 Å². The van der Waals surface area contributed by atoms with Crippen LogP contribution in [-0.2, 0) is 23.2 Å². The Bertz CT molecular complexity index is 435. The molecule has 0 aromatic heterocycles. The molecule has 2 atom stereocenters. The molecule has 0 fully saturated rings. The van der Waals surface area contributed by atoms with E-state index in [1.54, 1.807) is 6.07 Å². The van der Waals surface area contributed by atoms with Gasteiger partial charge in [-0.15, -0.1) is 0 Å². The smallest absolute Gasteiger partial charge is 0.340 e. The molecule has 2 N–H and O–H groups in total. The van der Waals surface area contributed by atoms with Crippen molar-refractivity contribution in [3.05, 3.63) is 34.9 Å². The summed E-state index contributed by atoms with van der Waals surface area (Å²) in [5.41, 5.74) is 1.12. The van der Waals surface area contributed by atoms with Crippen LogP contribution in [0.1, 0.15) is 30.5 Å². The zero-order valence-corrected chi connectivity index (χ0v) is 9.53. The molecule has 16 heavy (non-hydrogen) atoms. The highest BCUT2D eigenvalue weighted by Gasteiger charge is 2.33. The Morgan fingerprint density at radius 2 is 2.00 bits per heavy atom. The largest absolute Gasteiger partial charge is 0.479 e. The Kier molecular flexibility index (Phi) is 2.50. The van der Waals surface area contributed by atoms with E-state index in [9.17, 15) is 9.90 Å². The molecule has 0 saturated carbocycles. The standard InChI is InChI=1S/C13H16O3/c1-8-5-9-3-4-11(7-10(9)6-8)13(2,16)12(14)15/h3-4,7-8,16H,5-6H2,1-2H3,(H,14,15)/t8-,13+/m0/s1. The summed E-state index contributed by atoms with van der Waals surface area (Å²) in [6.07, 6.45) is 2.02. The maximum Gasteiger partial charge on any atom is 0.340 e. The zero-order chi connectivity index (χ0) is 11.9. The van der Waals surface area contributed by atoms with E-state index < -0.39 is 11.6 Å². The van der Waals surface area contributed by atoms with Crippen molar-refractivity contribution in [2.24, 2.45) is 5.92 Å². The highest BCUT2D eigenvalue weighted by Crippen LogP contribution is 2.30. The van der Waals surface area contributed by atoms with E-state index in [1.807, 2.05) is 12.1 Å². The lowest BCUT2D eigenvalue weighted by atomic mass is 9.93. The van der Waals surface area contributed by atoms with Crippen LogP contribution in [-0.4, -0.2) is 16.2 Å². The molecule has 1 aliphatic carbocycles. The van der Waals surface area contributed by atoms with E-state index in [4.69, 9.17) is 5.11 Å². The Hall–Kier alpha value is -1.35. The Labute approximate surface area is 94.7 Å². The van der Waals surface area contributed by atoms with Crippen LogP contribution in [0.4, 0.5) is 0 Å². The minimum atomic E-state index is -1.79. The second kappa shape index (κ2) is 3.59. The van der Waals surface area contributed by atoms with Crippen LogP contribution in [0.15, 0.2) is 18.2 Å². The average Bonchev–Trinajstić information content (AvgIpc) is 2.56. The molecule has 0 amide bonds. The van der Waals surface area contributed by atoms with Gasteiger partial charge in [0, 0.05) is 0 Å². The first-order valence-electron chi connectivity index (χ1n) is 5.49. The SMILES string of the molecule is C[C@H]1Cc2ccc([C@@](C)(O)C(=O)O)cc2C1. The van der Waals surface area contributed by atoms with Gasteiger partial charge in [-0.2, -0.15) is 0 Å². The van der Waals surface area contributed by atoms with Gasteiger partial charge in [0.25, 0.3) is 0 Å². The van der Waals surface area contributed by atoms with Gasteiger partial charge in [0.15, 0.2) is 5.60 Å². The van der Waals surface area contributed by atoms with Crippen molar-refractivity contribution in [2.45, 2.75) is 32.3 Å². The van der Waals surface area contributed by atoms with Gasteiger partial charge < -0.3 is 10.2 Å². The lowest BCUT2D eigenvalue weighted by Crippen LogP contribution is -2.31. The van der Waals surface area contributed by atoms with Gasteiger partial charge >= 0.3 is 5.97 Å². The van der Waals surface area contributed by atoms with E-state index in [1.165, 1.54) is 18.1 Å². The summed E-state index contributed by atoms with van der Waals surface area (Å²) in [5, 5.41) is 18.8. The van der Waals surface area contributed by atoms with Crippen LogP contribution < -0.4 is 0 Å². The van der Waals surface area contributed by atoms with Crippen LogP contribution >= 0.6 is 0 Å². The molecule has 0 spiro atoms. The monoisotopic (exact) mass is 220 g/mol. The fourth-order valence-corrected chi connectivity index (χ4v) is 2.26. The predicted octanol–water partition coefficient (Wildman–Crippen LogP) is 1.71. The van der Waals surface area contributed by atoms with Crippen molar-refractivity contribution >= 4 is 5.97 Å². The van der Waals surface area contributed by atoms with Crippen molar-refractivity contribution in [3.8, 4) is 0 Å². The lowest BCUT2D eigenvalue weighted by Gasteiger charge is -2.19. The minimum absolute atomic E-state index is 0.466. The number of hydrogen-bond donors (Lipinski definition) is 2. The summed E-state index contributed by atoms with van der Waals surface area (Å²) in [7, 11) is 0. The molecule has 1 aromatic rings. The molecule has 0 heterocycles. The number of carbonyl (C=O) groups is 1. The first-order valence-corrected chi connectivity index (χ1v) is 5.49. The average molecular weight is 220 g/mol. The Morgan fingerprint density at radius 1 is 1.38 bits per heavy atom. The second-order valence-electron chi connectivity index (χ2n) is 4.87. The molecule has 2 rings (SSSR count). The fourth-order valence-electron chi connectivity index (χ4n) is 2.26. The normalized spacial score (nSPS) is 22.6. The van der Waals surface area contributed by atoms with E-state index in [0.29, 0.717) is 11.5 Å². The first kappa shape index (κ1) is 11.1. The number of carboxylic acids is 1. The van der Waals surface area contributed by atoms with Gasteiger partial charge in [0.1, 0.15) is 0 Å². The number of carboxylic acid groups (broad SMARTS) is 1. The predicted molar refractivity (Wildman–Crippen MR) is 60.2 cm³/mol. The number of fused-ring (bicyclic) bond motifs is 1. The Morgan fingerprint density at radius 3 is 2.62 bits per heavy atom. The summed E-state index contributed by atoms with van der Waals surface area (Å²) in [4.78, 5) is 10.9. The number of aliphatic carboxylic acids is 1. The topological polar surface area (TPSA) is 57.5 Å². The molecule has 1 aromatic carbocycles. The summed E-state index contributed by atoms with van der Waals surface area (Å²) in [5.74, 6) is -0.599. The van der Waals surface area contributed by atoms with Crippen LogP contribution in [0.3, 0.4) is 0 Å². The molecule has 0 radical (unpaired) electrons. The Balaban J connectivity index is 2.40. The number of rotatable bonds is 2.